The summed E-state index contributed by atoms with van der Waals surface area (Å²) in [4.78, 5) is 15.9. The molecule has 0 unspecified atom stereocenters. The first-order chi connectivity index (χ1) is 9.25. The number of nitrogens with zero attached hydrogens (tertiary/aromatic N) is 1. The molecule has 2 rings (SSSR count). The maximum atomic E-state index is 11.9. The Morgan fingerprint density at radius 3 is 2.89 bits per heavy atom. The second kappa shape index (κ2) is 7.24. The maximum Gasteiger partial charge on any atom is 0.234 e. The van der Waals surface area contributed by atoms with Gasteiger partial charge in [-0.25, -0.2) is 0 Å². The van der Waals surface area contributed by atoms with Crippen LogP contribution in [0.2, 0.25) is 0 Å². The van der Waals surface area contributed by atoms with E-state index < -0.39 is 0 Å². The summed E-state index contributed by atoms with van der Waals surface area (Å²) in [5.41, 5.74) is 1.10. The highest BCUT2D eigenvalue weighted by atomic mass is 16.1. The van der Waals surface area contributed by atoms with E-state index in [0.29, 0.717) is 12.6 Å². The number of carbonyl (C=O) groups excluding carboxylic acids is 1. The molecule has 0 aliphatic heterocycles. The lowest BCUT2D eigenvalue weighted by atomic mass is 9.95. The van der Waals surface area contributed by atoms with Crippen LogP contribution in [0.25, 0.3) is 0 Å². The Bertz CT molecular complexity index is 388. The van der Waals surface area contributed by atoms with Gasteiger partial charge in [-0.15, -0.1) is 0 Å². The van der Waals surface area contributed by atoms with Crippen LogP contribution < -0.4 is 10.6 Å². The molecule has 4 nitrogen and oxygen atoms in total. The van der Waals surface area contributed by atoms with Crippen LogP contribution in [0.4, 0.5) is 0 Å². The smallest absolute Gasteiger partial charge is 0.234 e. The highest BCUT2D eigenvalue weighted by molar-refractivity contribution is 5.78. The van der Waals surface area contributed by atoms with E-state index in [-0.39, 0.29) is 11.9 Å². The van der Waals surface area contributed by atoms with Gasteiger partial charge in [0.25, 0.3) is 0 Å². The Morgan fingerprint density at radius 1 is 1.42 bits per heavy atom. The summed E-state index contributed by atoms with van der Waals surface area (Å²) < 4.78 is 0. The lowest BCUT2D eigenvalue weighted by Gasteiger charge is -2.23. The summed E-state index contributed by atoms with van der Waals surface area (Å²) in [5.74, 6) is 0.0997. The van der Waals surface area contributed by atoms with Crippen LogP contribution in [0.15, 0.2) is 24.5 Å². The predicted octanol–water partition coefficient (Wildman–Crippen LogP) is 2.18. The van der Waals surface area contributed by atoms with Crippen LogP contribution in [0.3, 0.4) is 0 Å². The molecular formula is C15H23N3O. The van der Waals surface area contributed by atoms with Gasteiger partial charge in [-0.05, 0) is 31.4 Å². The fourth-order valence-electron chi connectivity index (χ4n) is 2.52. The fraction of sp³-hybridized carbons (Fsp3) is 0.600. The minimum absolute atomic E-state index is 0.0997. The van der Waals surface area contributed by atoms with E-state index in [0.717, 1.165) is 18.4 Å². The van der Waals surface area contributed by atoms with Crippen LogP contribution in [0, 0.1) is 0 Å². The first kappa shape index (κ1) is 14.0. The van der Waals surface area contributed by atoms with Crippen molar-refractivity contribution in [3.63, 3.8) is 0 Å². The molecule has 0 aromatic carbocycles. The van der Waals surface area contributed by atoms with Crippen molar-refractivity contribution < 1.29 is 4.79 Å². The van der Waals surface area contributed by atoms with Crippen LogP contribution in [-0.2, 0) is 4.79 Å². The summed E-state index contributed by atoms with van der Waals surface area (Å²) in [6.07, 6.45) is 9.63. The molecule has 2 N–H and O–H groups in total. The Hall–Kier alpha value is -1.42. The van der Waals surface area contributed by atoms with Crippen molar-refractivity contribution in [2.24, 2.45) is 0 Å². The zero-order valence-electron chi connectivity index (χ0n) is 11.6. The van der Waals surface area contributed by atoms with E-state index in [9.17, 15) is 4.79 Å². The summed E-state index contributed by atoms with van der Waals surface area (Å²) in [7, 11) is 0. The van der Waals surface area contributed by atoms with Crippen molar-refractivity contribution in [2.45, 2.75) is 51.1 Å². The van der Waals surface area contributed by atoms with Crippen molar-refractivity contribution in [1.29, 1.82) is 0 Å². The summed E-state index contributed by atoms with van der Waals surface area (Å²) >= 11 is 0. The highest BCUT2D eigenvalue weighted by Gasteiger charge is 2.15. The molecular weight excluding hydrogens is 238 g/mol. The molecule has 1 fully saturated rings. The average molecular weight is 261 g/mol. The molecule has 1 aliphatic carbocycles. The van der Waals surface area contributed by atoms with Crippen molar-refractivity contribution in [1.82, 2.24) is 15.6 Å². The molecule has 1 aromatic heterocycles. The van der Waals surface area contributed by atoms with Gasteiger partial charge in [0.05, 0.1) is 6.54 Å². The van der Waals surface area contributed by atoms with Crippen molar-refractivity contribution >= 4 is 5.91 Å². The summed E-state index contributed by atoms with van der Waals surface area (Å²) in [6.45, 7) is 2.41. The topological polar surface area (TPSA) is 54.0 Å². The molecule has 4 heteroatoms. The van der Waals surface area contributed by atoms with Gasteiger partial charge in [0.15, 0.2) is 0 Å². The number of hydrogen-bond donors (Lipinski definition) is 2. The van der Waals surface area contributed by atoms with Crippen molar-refractivity contribution in [3.05, 3.63) is 30.1 Å². The first-order valence-corrected chi connectivity index (χ1v) is 7.18. The molecule has 1 aromatic rings. The van der Waals surface area contributed by atoms with Crippen LogP contribution in [0.5, 0.6) is 0 Å². The molecule has 1 atom stereocenters. The second-order valence-corrected chi connectivity index (χ2v) is 5.29. The summed E-state index contributed by atoms with van der Waals surface area (Å²) in [5, 5.41) is 6.34. The third kappa shape index (κ3) is 4.63. The maximum absolute atomic E-state index is 11.9. The van der Waals surface area contributed by atoms with Gasteiger partial charge < -0.3 is 10.6 Å². The molecule has 0 saturated heterocycles. The molecule has 0 spiro atoms. The lowest BCUT2D eigenvalue weighted by Crippen LogP contribution is -2.41. The first-order valence-electron chi connectivity index (χ1n) is 7.18. The number of hydrogen-bond acceptors (Lipinski definition) is 3. The van der Waals surface area contributed by atoms with E-state index in [2.05, 4.69) is 15.6 Å². The second-order valence-electron chi connectivity index (χ2n) is 5.29. The number of nitrogens with one attached hydrogen (secondary N) is 2. The lowest BCUT2D eigenvalue weighted by molar-refractivity contribution is -0.121. The molecule has 1 amide bonds. The minimum Gasteiger partial charge on any atom is -0.352 e. The number of amides is 1. The van der Waals surface area contributed by atoms with E-state index in [4.69, 9.17) is 0 Å². The molecule has 0 bridgehead atoms. The number of pyridine rings is 1. The van der Waals surface area contributed by atoms with E-state index in [1.54, 1.807) is 6.20 Å². The normalized spacial score (nSPS) is 17.9. The van der Waals surface area contributed by atoms with Gasteiger partial charge in [-0.3, -0.25) is 9.78 Å². The minimum atomic E-state index is 0.0997. The highest BCUT2D eigenvalue weighted by Crippen LogP contribution is 2.17. The SMILES string of the molecule is C[C@H](NCC(=O)NC1CCCCC1)c1cccnc1. The van der Waals surface area contributed by atoms with E-state index >= 15 is 0 Å². The van der Waals surface area contributed by atoms with E-state index in [1.165, 1.54) is 19.3 Å². The molecule has 104 valence electrons. The molecule has 1 saturated carbocycles. The Balaban J connectivity index is 1.71. The quantitative estimate of drug-likeness (QED) is 0.854. The third-order valence-electron chi connectivity index (χ3n) is 3.72. The van der Waals surface area contributed by atoms with E-state index in [1.807, 2.05) is 25.3 Å². The van der Waals surface area contributed by atoms with Crippen molar-refractivity contribution in [3.8, 4) is 0 Å². The predicted molar refractivity (Wildman–Crippen MR) is 75.7 cm³/mol. The standard InChI is InChI=1S/C15H23N3O/c1-12(13-6-5-9-16-10-13)17-11-15(19)18-14-7-3-2-4-8-14/h5-6,9-10,12,14,17H,2-4,7-8,11H2,1H3,(H,18,19)/t12-/m0/s1. The number of carbonyl (C=O) groups is 1. The Labute approximate surface area is 115 Å². The van der Waals surface area contributed by atoms with Crippen LogP contribution >= 0.6 is 0 Å². The van der Waals surface area contributed by atoms with Gasteiger partial charge in [0.2, 0.25) is 5.91 Å². The van der Waals surface area contributed by atoms with Gasteiger partial charge in [0, 0.05) is 24.5 Å². The zero-order chi connectivity index (χ0) is 13.5. The van der Waals surface area contributed by atoms with Crippen molar-refractivity contribution in [2.75, 3.05) is 6.54 Å². The zero-order valence-corrected chi connectivity index (χ0v) is 11.6. The Morgan fingerprint density at radius 2 is 2.21 bits per heavy atom. The van der Waals surface area contributed by atoms with Crippen LogP contribution in [-0.4, -0.2) is 23.5 Å². The number of aromatic nitrogens is 1. The largest absolute Gasteiger partial charge is 0.352 e. The number of rotatable bonds is 5. The molecule has 1 aliphatic rings. The fourth-order valence-corrected chi connectivity index (χ4v) is 2.52. The van der Waals surface area contributed by atoms with Gasteiger partial charge >= 0.3 is 0 Å². The summed E-state index contributed by atoms with van der Waals surface area (Å²) in [6, 6.07) is 4.46. The molecule has 1 heterocycles. The van der Waals surface area contributed by atoms with Gasteiger partial charge in [0.1, 0.15) is 0 Å². The van der Waals surface area contributed by atoms with Gasteiger partial charge in [-0.1, -0.05) is 25.3 Å². The average Bonchev–Trinajstić information content (AvgIpc) is 2.47. The molecule has 19 heavy (non-hydrogen) atoms. The van der Waals surface area contributed by atoms with Crippen LogP contribution in [0.1, 0.15) is 50.6 Å². The third-order valence-corrected chi connectivity index (χ3v) is 3.72. The van der Waals surface area contributed by atoms with Gasteiger partial charge in [-0.2, -0.15) is 0 Å². The monoisotopic (exact) mass is 261 g/mol. The Kier molecular flexibility index (Phi) is 5.33. The molecule has 0 radical (unpaired) electrons.